The molecule has 1 aromatic carbocycles. The SMILES string of the molecule is CCCCCCCCCCCCCCCC(=O)OCCOCCOCCOCCOCCOCCOCCOCCOCCN1C(=O)c2ccccc2C1=O. The zero-order valence-corrected chi connectivity index (χ0v) is 33.8. The second kappa shape index (κ2) is 35.9. The second-order valence-corrected chi connectivity index (χ2v) is 13.4. The molecule has 0 N–H and O–H groups in total. The summed E-state index contributed by atoms with van der Waals surface area (Å²) < 4.78 is 49.1. The number of hydrogen-bond acceptors (Lipinski definition) is 12. The van der Waals surface area contributed by atoms with E-state index in [1.807, 2.05) is 0 Å². The van der Waals surface area contributed by atoms with Crippen molar-refractivity contribution >= 4 is 17.8 Å². The van der Waals surface area contributed by atoms with Gasteiger partial charge in [0.1, 0.15) is 6.61 Å². The Bertz CT molecular complexity index is 1060. The van der Waals surface area contributed by atoms with Crippen LogP contribution in [0.4, 0.5) is 0 Å². The van der Waals surface area contributed by atoms with E-state index in [-0.39, 0.29) is 37.5 Å². The molecule has 1 aromatic rings. The molecule has 0 fully saturated rings. The van der Waals surface area contributed by atoms with Gasteiger partial charge in [0, 0.05) is 6.42 Å². The minimum atomic E-state index is -0.278. The number of amides is 2. The fraction of sp³-hybridized carbons (Fsp3) is 0.786. The molecule has 2 amide bonds. The van der Waals surface area contributed by atoms with Gasteiger partial charge in [0.05, 0.1) is 123 Å². The molecule has 0 saturated carbocycles. The summed E-state index contributed by atoms with van der Waals surface area (Å²) in [7, 11) is 0. The van der Waals surface area contributed by atoms with E-state index in [1.165, 1.54) is 75.5 Å². The first-order valence-electron chi connectivity index (χ1n) is 20.9. The van der Waals surface area contributed by atoms with E-state index in [1.54, 1.807) is 24.3 Å². The van der Waals surface area contributed by atoms with Crippen molar-refractivity contribution in [3.8, 4) is 0 Å². The van der Waals surface area contributed by atoms with Gasteiger partial charge in [0.15, 0.2) is 0 Å². The number of benzene rings is 1. The smallest absolute Gasteiger partial charge is 0.305 e. The lowest BCUT2D eigenvalue weighted by Crippen LogP contribution is -2.33. The monoisotopic (exact) mass is 781 g/mol. The van der Waals surface area contributed by atoms with Gasteiger partial charge in [-0.1, -0.05) is 96.1 Å². The third kappa shape index (κ3) is 26.1. The highest BCUT2D eigenvalue weighted by Gasteiger charge is 2.34. The highest BCUT2D eigenvalue weighted by molar-refractivity contribution is 6.21. The van der Waals surface area contributed by atoms with Crippen LogP contribution in [0.1, 0.15) is 118 Å². The maximum Gasteiger partial charge on any atom is 0.305 e. The minimum Gasteiger partial charge on any atom is -0.463 e. The van der Waals surface area contributed by atoms with Gasteiger partial charge in [-0.3, -0.25) is 19.3 Å². The second-order valence-electron chi connectivity index (χ2n) is 13.4. The summed E-state index contributed by atoms with van der Waals surface area (Å²) >= 11 is 0. The van der Waals surface area contributed by atoms with Crippen LogP contribution in [0.3, 0.4) is 0 Å². The first kappa shape index (κ1) is 48.7. The number of carbonyl (C=O) groups is 3. The molecule has 13 heteroatoms. The largest absolute Gasteiger partial charge is 0.463 e. The van der Waals surface area contributed by atoms with Crippen molar-refractivity contribution in [1.29, 1.82) is 0 Å². The molecule has 1 aliphatic heterocycles. The van der Waals surface area contributed by atoms with Crippen molar-refractivity contribution in [2.45, 2.75) is 96.8 Å². The van der Waals surface area contributed by atoms with Gasteiger partial charge < -0.3 is 42.6 Å². The molecule has 13 nitrogen and oxygen atoms in total. The lowest BCUT2D eigenvalue weighted by molar-refractivity contribution is -0.145. The van der Waals surface area contributed by atoms with Crippen molar-refractivity contribution in [2.75, 3.05) is 119 Å². The minimum absolute atomic E-state index is 0.139. The van der Waals surface area contributed by atoms with Crippen LogP contribution in [0, 0.1) is 0 Å². The van der Waals surface area contributed by atoms with Crippen molar-refractivity contribution < 1.29 is 57.0 Å². The molecular weight excluding hydrogens is 710 g/mol. The zero-order chi connectivity index (χ0) is 39.3. The molecule has 1 heterocycles. The van der Waals surface area contributed by atoms with Crippen LogP contribution in [-0.2, 0) is 47.4 Å². The predicted octanol–water partition coefficient (Wildman–Crippen LogP) is 6.44. The summed E-state index contributed by atoms with van der Waals surface area (Å²) in [5.74, 6) is -0.695. The first-order valence-corrected chi connectivity index (χ1v) is 20.9. The number of ether oxygens (including phenoxy) is 9. The van der Waals surface area contributed by atoms with Gasteiger partial charge in [0.25, 0.3) is 11.8 Å². The maximum absolute atomic E-state index is 12.3. The Morgan fingerprint density at radius 2 is 0.745 bits per heavy atom. The number of fused-ring (bicyclic) bond motifs is 1. The average Bonchev–Trinajstić information content (AvgIpc) is 3.44. The number of esters is 1. The summed E-state index contributed by atoms with van der Waals surface area (Å²) in [6, 6.07) is 6.82. The quantitative estimate of drug-likeness (QED) is 0.0411. The van der Waals surface area contributed by atoms with Crippen LogP contribution < -0.4 is 0 Å². The van der Waals surface area contributed by atoms with Crippen LogP contribution in [0.25, 0.3) is 0 Å². The summed E-state index contributed by atoms with van der Waals surface area (Å²) in [4.78, 5) is 37.7. The standard InChI is InChI=1S/C42H71NO12/c1-2-3-4-5-6-7-8-9-10-11-12-13-14-19-40(44)55-37-36-54-35-34-53-33-32-52-31-30-51-29-28-50-27-26-49-25-24-48-23-22-47-21-20-43-41(45)38-17-15-16-18-39(38)42(43)46/h15-18H,2-14,19-37H2,1H3. The van der Waals surface area contributed by atoms with E-state index in [9.17, 15) is 14.4 Å². The molecule has 0 saturated heterocycles. The number of rotatable bonds is 41. The molecule has 0 aromatic heterocycles. The molecule has 0 radical (unpaired) electrons. The fourth-order valence-electron chi connectivity index (χ4n) is 5.81. The molecule has 0 unspecified atom stereocenters. The Balaban J connectivity index is 1.17. The highest BCUT2D eigenvalue weighted by atomic mass is 16.6. The molecular formula is C42H71NO12. The molecule has 0 bridgehead atoms. The molecule has 0 spiro atoms. The van der Waals surface area contributed by atoms with Crippen LogP contribution in [0.15, 0.2) is 24.3 Å². The zero-order valence-electron chi connectivity index (χ0n) is 33.8. The normalized spacial score (nSPS) is 12.6. The molecule has 0 atom stereocenters. The molecule has 0 aliphatic carbocycles. The fourth-order valence-corrected chi connectivity index (χ4v) is 5.81. The van der Waals surface area contributed by atoms with Crippen LogP contribution in [0.2, 0.25) is 0 Å². The number of imide groups is 1. The third-order valence-corrected chi connectivity index (χ3v) is 8.92. The van der Waals surface area contributed by atoms with Gasteiger partial charge in [-0.05, 0) is 18.6 Å². The molecule has 2 rings (SSSR count). The van der Waals surface area contributed by atoms with E-state index in [4.69, 9.17) is 42.6 Å². The molecule has 316 valence electrons. The van der Waals surface area contributed by atoms with E-state index >= 15 is 0 Å². The van der Waals surface area contributed by atoms with E-state index in [0.29, 0.717) is 117 Å². The Hall–Kier alpha value is -2.49. The van der Waals surface area contributed by atoms with Crippen molar-refractivity contribution in [2.24, 2.45) is 0 Å². The number of hydrogen-bond donors (Lipinski definition) is 0. The Morgan fingerprint density at radius 3 is 1.11 bits per heavy atom. The Morgan fingerprint density at radius 1 is 0.436 bits per heavy atom. The van der Waals surface area contributed by atoms with Crippen molar-refractivity contribution in [3.05, 3.63) is 35.4 Å². The lowest BCUT2D eigenvalue weighted by Gasteiger charge is -2.13. The van der Waals surface area contributed by atoms with E-state index in [2.05, 4.69) is 6.92 Å². The van der Waals surface area contributed by atoms with Gasteiger partial charge in [0.2, 0.25) is 0 Å². The van der Waals surface area contributed by atoms with Crippen LogP contribution >= 0.6 is 0 Å². The Labute approximate surface area is 330 Å². The van der Waals surface area contributed by atoms with Crippen molar-refractivity contribution in [3.63, 3.8) is 0 Å². The van der Waals surface area contributed by atoms with E-state index < -0.39 is 0 Å². The van der Waals surface area contributed by atoms with Crippen molar-refractivity contribution in [1.82, 2.24) is 4.90 Å². The van der Waals surface area contributed by atoms with Gasteiger partial charge in [-0.2, -0.15) is 0 Å². The average molecular weight is 782 g/mol. The van der Waals surface area contributed by atoms with Gasteiger partial charge in [-0.25, -0.2) is 0 Å². The first-order chi connectivity index (χ1) is 27.1. The predicted molar refractivity (Wildman–Crippen MR) is 210 cm³/mol. The Kier molecular flexibility index (Phi) is 31.8. The maximum atomic E-state index is 12.3. The summed E-state index contributed by atoms with van der Waals surface area (Å²) in [6.07, 6.45) is 17.3. The van der Waals surface area contributed by atoms with Gasteiger partial charge in [-0.15, -0.1) is 0 Å². The summed E-state index contributed by atoms with van der Waals surface area (Å²) in [5, 5.41) is 0. The van der Waals surface area contributed by atoms with Crippen LogP contribution in [0.5, 0.6) is 0 Å². The number of nitrogens with zero attached hydrogens (tertiary/aromatic N) is 1. The van der Waals surface area contributed by atoms with E-state index in [0.717, 1.165) is 12.8 Å². The van der Waals surface area contributed by atoms with Gasteiger partial charge >= 0.3 is 5.97 Å². The number of carbonyl (C=O) groups excluding carboxylic acids is 3. The molecule has 1 aliphatic rings. The highest BCUT2D eigenvalue weighted by Crippen LogP contribution is 2.22. The molecule has 55 heavy (non-hydrogen) atoms. The topological polar surface area (TPSA) is 138 Å². The number of unbranched alkanes of at least 4 members (excludes halogenated alkanes) is 12. The summed E-state index contributed by atoms with van der Waals surface area (Å²) in [5.41, 5.74) is 0.883. The lowest BCUT2D eigenvalue weighted by atomic mass is 10.0. The summed E-state index contributed by atoms with van der Waals surface area (Å²) in [6.45, 7) is 9.70. The third-order valence-electron chi connectivity index (χ3n) is 8.92. The van der Waals surface area contributed by atoms with Crippen LogP contribution in [-0.4, -0.2) is 142 Å².